The van der Waals surface area contributed by atoms with Crippen LogP contribution in [-0.4, -0.2) is 24.0 Å². The van der Waals surface area contributed by atoms with Gasteiger partial charge in [-0.3, -0.25) is 4.90 Å². The van der Waals surface area contributed by atoms with E-state index in [1.165, 1.54) is 37.8 Å². The van der Waals surface area contributed by atoms with Crippen molar-refractivity contribution in [3.63, 3.8) is 0 Å². The summed E-state index contributed by atoms with van der Waals surface area (Å²) in [5.74, 6) is 6.91. The molecule has 21 heavy (non-hydrogen) atoms. The third-order valence-corrected chi connectivity index (χ3v) is 4.16. The standard InChI is InChI=1S/C19H28N2/c1-16(2)14-21(19-11-5-6-12-19)15-18-9-4-3-8-17(18)10-7-13-20/h3-4,8-9,16,19H,5-6,11-15,20H2,1-2H3. The molecule has 1 fully saturated rings. The van der Waals surface area contributed by atoms with Crippen LogP contribution in [-0.2, 0) is 6.54 Å². The van der Waals surface area contributed by atoms with Gasteiger partial charge in [0.2, 0.25) is 0 Å². The first-order chi connectivity index (χ1) is 10.2. The molecule has 1 aromatic rings. The molecule has 1 aromatic carbocycles. The molecule has 2 rings (SSSR count). The Labute approximate surface area is 129 Å². The molecular formula is C19H28N2. The van der Waals surface area contributed by atoms with Crippen LogP contribution in [0.3, 0.4) is 0 Å². The SMILES string of the molecule is CC(C)CN(Cc1ccccc1C#CCN)C1CCCC1. The van der Waals surface area contributed by atoms with Crippen molar-refractivity contribution in [2.24, 2.45) is 11.7 Å². The summed E-state index contributed by atoms with van der Waals surface area (Å²) in [6.45, 7) is 7.22. The van der Waals surface area contributed by atoms with Crippen molar-refractivity contribution in [1.29, 1.82) is 0 Å². The number of rotatable bonds is 5. The lowest BCUT2D eigenvalue weighted by atomic mass is 10.0. The minimum atomic E-state index is 0.423. The molecule has 0 amide bonds. The summed E-state index contributed by atoms with van der Waals surface area (Å²) in [6, 6.07) is 9.25. The van der Waals surface area contributed by atoms with E-state index >= 15 is 0 Å². The van der Waals surface area contributed by atoms with E-state index in [1.807, 2.05) is 0 Å². The molecular weight excluding hydrogens is 256 g/mol. The Bertz CT molecular complexity index is 490. The first kappa shape index (κ1) is 16.1. The van der Waals surface area contributed by atoms with Crippen LogP contribution in [0, 0.1) is 17.8 Å². The van der Waals surface area contributed by atoms with Crippen LogP contribution in [0.15, 0.2) is 24.3 Å². The fourth-order valence-corrected chi connectivity index (χ4v) is 3.23. The Morgan fingerprint density at radius 2 is 1.95 bits per heavy atom. The monoisotopic (exact) mass is 284 g/mol. The quantitative estimate of drug-likeness (QED) is 0.840. The van der Waals surface area contributed by atoms with Crippen molar-refractivity contribution >= 4 is 0 Å². The van der Waals surface area contributed by atoms with Gasteiger partial charge in [0.05, 0.1) is 6.54 Å². The first-order valence-electron chi connectivity index (χ1n) is 8.21. The van der Waals surface area contributed by atoms with Gasteiger partial charge in [-0.05, 0) is 30.4 Å². The van der Waals surface area contributed by atoms with Crippen LogP contribution in [0.2, 0.25) is 0 Å². The summed E-state index contributed by atoms with van der Waals surface area (Å²) in [6.07, 6.45) is 5.47. The topological polar surface area (TPSA) is 29.3 Å². The van der Waals surface area contributed by atoms with Crippen LogP contribution in [0.4, 0.5) is 0 Å². The van der Waals surface area contributed by atoms with Gasteiger partial charge in [-0.15, -0.1) is 0 Å². The minimum absolute atomic E-state index is 0.423. The van der Waals surface area contributed by atoms with Gasteiger partial charge in [-0.2, -0.15) is 0 Å². The Hall–Kier alpha value is -1.30. The molecule has 0 heterocycles. The second kappa shape index (κ2) is 8.22. The molecule has 0 aliphatic heterocycles. The largest absolute Gasteiger partial charge is 0.320 e. The number of nitrogens with two attached hydrogens (primary N) is 1. The number of nitrogens with zero attached hydrogens (tertiary/aromatic N) is 1. The maximum absolute atomic E-state index is 5.51. The summed E-state index contributed by atoms with van der Waals surface area (Å²) in [4.78, 5) is 2.67. The highest BCUT2D eigenvalue weighted by Gasteiger charge is 2.23. The van der Waals surface area contributed by atoms with Gasteiger partial charge in [0.1, 0.15) is 0 Å². The number of hydrogen-bond acceptors (Lipinski definition) is 2. The highest BCUT2D eigenvalue weighted by Crippen LogP contribution is 2.26. The van der Waals surface area contributed by atoms with E-state index in [-0.39, 0.29) is 0 Å². The predicted octanol–water partition coefficient (Wildman–Crippen LogP) is 3.40. The van der Waals surface area contributed by atoms with Gasteiger partial charge in [0.25, 0.3) is 0 Å². The molecule has 0 atom stereocenters. The van der Waals surface area contributed by atoms with E-state index in [0.717, 1.165) is 18.2 Å². The van der Waals surface area contributed by atoms with Crippen molar-refractivity contribution in [2.45, 2.75) is 52.1 Å². The molecule has 0 saturated heterocycles. The van der Waals surface area contributed by atoms with Gasteiger partial charge in [0.15, 0.2) is 0 Å². The van der Waals surface area contributed by atoms with Crippen LogP contribution < -0.4 is 5.73 Å². The van der Waals surface area contributed by atoms with Crippen LogP contribution in [0.25, 0.3) is 0 Å². The van der Waals surface area contributed by atoms with Crippen molar-refractivity contribution in [3.8, 4) is 11.8 Å². The van der Waals surface area contributed by atoms with E-state index in [4.69, 9.17) is 5.73 Å². The average Bonchev–Trinajstić information content (AvgIpc) is 2.99. The number of hydrogen-bond donors (Lipinski definition) is 1. The fourth-order valence-electron chi connectivity index (χ4n) is 3.23. The molecule has 0 unspecified atom stereocenters. The molecule has 2 N–H and O–H groups in total. The maximum atomic E-state index is 5.51. The van der Waals surface area contributed by atoms with Crippen LogP contribution in [0.5, 0.6) is 0 Å². The molecule has 114 valence electrons. The zero-order valence-corrected chi connectivity index (χ0v) is 13.4. The molecule has 2 nitrogen and oxygen atoms in total. The molecule has 0 aromatic heterocycles. The fraction of sp³-hybridized carbons (Fsp3) is 0.579. The van der Waals surface area contributed by atoms with Crippen molar-refractivity contribution < 1.29 is 0 Å². The zero-order chi connectivity index (χ0) is 15.1. The summed E-state index contributed by atoms with van der Waals surface area (Å²) < 4.78 is 0. The highest BCUT2D eigenvalue weighted by atomic mass is 15.2. The summed E-state index contributed by atoms with van der Waals surface area (Å²) in [7, 11) is 0. The van der Waals surface area contributed by atoms with E-state index in [2.05, 4.69) is 54.9 Å². The van der Waals surface area contributed by atoms with Crippen LogP contribution >= 0.6 is 0 Å². The first-order valence-corrected chi connectivity index (χ1v) is 8.21. The van der Waals surface area contributed by atoms with E-state index in [0.29, 0.717) is 12.5 Å². The Balaban J connectivity index is 2.15. The van der Waals surface area contributed by atoms with Gasteiger partial charge in [-0.1, -0.05) is 56.7 Å². The zero-order valence-electron chi connectivity index (χ0n) is 13.4. The Morgan fingerprint density at radius 3 is 2.62 bits per heavy atom. The lowest BCUT2D eigenvalue weighted by Gasteiger charge is -2.30. The molecule has 0 spiro atoms. The van der Waals surface area contributed by atoms with E-state index in [1.54, 1.807) is 0 Å². The Morgan fingerprint density at radius 1 is 1.24 bits per heavy atom. The molecule has 1 aliphatic rings. The molecule has 2 heteroatoms. The maximum Gasteiger partial charge on any atom is 0.0555 e. The Kier molecular flexibility index (Phi) is 6.29. The van der Waals surface area contributed by atoms with Gasteiger partial charge < -0.3 is 5.73 Å². The summed E-state index contributed by atoms with van der Waals surface area (Å²) in [5, 5.41) is 0. The number of benzene rings is 1. The molecule has 1 aliphatic carbocycles. The van der Waals surface area contributed by atoms with Crippen molar-refractivity contribution in [2.75, 3.05) is 13.1 Å². The normalized spacial score (nSPS) is 15.5. The smallest absolute Gasteiger partial charge is 0.0555 e. The lowest BCUT2D eigenvalue weighted by Crippen LogP contribution is -2.35. The molecule has 0 bridgehead atoms. The van der Waals surface area contributed by atoms with Crippen molar-refractivity contribution in [1.82, 2.24) is 4.90 Å². The van der Waals surface area contributed by atoms with E-state index in [9.17, 15) is 0 Å². The van der Waals surface area contributed by atoms with Gasteiger partial charge in [0, 0.05) is 24.7 Å². The third-order valence-electron chi connectivity index (χ3n) is 4.16. The summed E-state index contributed by atoms with van der Waals surface area (Å²) >= 11 is 0. The third kappa shape index (κ3) is 4.88. The van der Waals surface area contributed by atoms with E-state index < -0.39 is 0 Å². The van der Waals surface area contributed by atoms with Gasteiger partial charge in [-0.25, -0.2) is 0 Å². The average molecular weight is 284 g/mol. The van der Waals surface area contributed by atoms with Crippen molar-refractivity contribution in [3.05, 3.63) is 35.4 Å². The second-order valence-corrected chi connectivity index (χ2v) is 6.42. The lowest BCUT2D eigenvalue weighted by molar-refractivity contribution is 0.168. The summed E-state index contributed by atoms with van der Waals surface area (Å²) in [5.41, 5.74) is 7.98. The second-order valence-electron chi connectivity index (χ2n) is 6.42. The molecule has 1 saturated carbocycles. The predicted molar refractivity (Wildman–Crippen MR) is 89.9 cm³/mol. The highest BCUT2D eigenvalue weighted by molar-refractivity contribution is 5.41. The molecule has 0 radical (unpaired) electrons. The van der Waals surface area contributed by atoms with Crippen LogP contribution in [0.1, 0.15) is 50.7 Å². The minimum Gasteiger partial charge on any atom is -0.320 e. The van der Waals surface area contributed by atoms with Gasteiger partial charge >= 0.3 is 0 Å².